The van der Waals surface area contributed by atoms with E-state index < -0.39 is 0 Å². The highest BCUT2D eigenvalue weighted by molar-refractivity contribution is 5.29. The van der Waals surface area contributed by atoms with Crippen molar-refractivity contribution in [2.45, 2.75) is 45.6 Å². The number of aromatic nitrogens is 1. The molecule has 0 saturated heterocycles. The lowest BCUT2D eigenvalue weighted by molar-refractivity contribution is 0.302. The summed E-state index contributed by atoms with van der Waals surface area (Å²) in [6.45, 7) is 4.54. The molecule has 1 unspecified atom stereocenters. The molecule has 1 atom stereocenters. The lowest BCUT2D eigenvalue weighted by Gasteiger charge is -2.12. The largest absolute Gasteiger partial charge is 0.492 e. The zero-order chi connectivity index (χ0) is 13.4. The first kappa shape index (κ1) is 14.5. The van der Waals surface area contributed by atoms with E-state index in [1.54, 1.807) is 0 Å². The Labute approximate surface area is 109 Å². The van der Waals surface area contributed by atoms with Gasteiger partial charge in [0.05, 0.1) is 18.4 Å². The Morgan fingerprint density at radius 2 is 2.22 bits per heavy atom. The number of aryl methyl sites for hydroxylation is 1. The topological polar surface area (TPSA) is 71.9 Å². The molecule has 0 saturated carbocycles. The van der Waals surface area contributed by atoms with Gasteiger partial charge in [-0.25, -0.2) is 0 Å². The average Bonchev–Trinajstić information content (AvgIpc) is 2.30. The summed E-state index contributed by atoms with van der Waals surface area (Å²) in [5.74, 6) is 0.815. The monoisotopic (exact) mass is 247 g/mol. The molecule has 4 nitrogen and oxygen atoms in total. The minimum Gasteiger partial charge on any atom is -0.492 e. The highest BCUT2D eigenvalue weighted by Crippen LogP contribution is 2.18. The summed E-state index contributed by atoms with van der Waals surface area (Å²) in [4.78, 5) is 4.47. The van der Waals surface area contributed by atoms with Crippen LogP contribution in [0.4, 0.5) is 0 Å². The molecule has 0 aliphatic heterocycles. The summed E-state index contributed by atoms with van der Waals surface area (Å²) in [6.07, 6.45) is 3.06. The second-order valence-corrected chi connectivity index (χ2v) is 4.54. The van der Waals surface area contributed by atoms with Gasteiger partial charge in [-0.15, -0.1) is 0 Å². The maximum atomic E-state index is 8.44. The van der Waals surface area contributed by atoms with Crippen LogP contribution in [0.3, 0.4) is 0 Å². The first-order chi connectivity index (χ1) is 8.63. The maximum Gasteiger partial charge on any atom is 0.140 e. The van der Waals surface area contributed by atoms with Gasteiger partial charge in [0.2, 0.25) is 0 Å². The van der Waals surface area contributed by atoms with Crippen molar-refractivity contribution in [3.05, 3.63) is 23.5 Å². The van der Waals surface area contributed by atoms with Crippen molar-refractivity contribution < 1.29 is 4.74 Å². The predicted molar refractivity (Wildman–Crippen MR) is 71.3 cm³/mol. The van der Waals surface area contributed by atoms with Crippen LogP contribution in [0.25, 0.3) is 0 Å². The Bertz CT molecular complexity index is 410. The zero-order valence-electron chi connectivity index (χ0n) is 11.1. The van der Waals surface area contributed by atoms with Crippen molar-refractivity contribution in [3.8, 4) is 11.8 Å². The number of nitriles is 1. The Hall–Kier alpha value is -1.60. The third-order valence-corrected chi connectivity index (χ3v) is 2.53. The van der Waals surface area contributed by atoms with E-state index in [0.717, 1.165) is 36.4 Å². The molecule has 0 aliphatic carbocycles. The molecule has 0 fully saturated rings. The second-order valence-electron chi connectivity index (χ2n) is 4.54. The molecule has 0 amide bonds. The Morgan fingerprint density at radius 1 is 1.44 bits per heavy atom. The van der Waals surface area contributed by atoms with Crippen LogP contribution in [0.2, 0.25) is 0 Å². The molecule has 0 radical (unpaired) electrons. The van der Waals surface area contributed by atoms with Crippen LogP contribution in [0.15, 0.2) is 12.1 Å². The van der Waals surface area contributed by atoms with Gasteiger partial charge in [-0.2, -0.15) is 5.26 Å². The van der Waals surface area contributed by atoms with Crippen LogP contribution in [0.1, 0.15) is 37.6 Å². The normalized spacial score (nSPS) is 11.9. The van der Waals surface area contributed by atoms with Gasteiger partial charge in [-0.3, -0.25) is 4.98 Å². The fraction of sp³-hybridized carbons (Fsp3) is 0.571. The van der Waals surface area contributed by atoms with Crippen molar-refractivity contribution in [3.63, 3.8) is 0 Å². The van der Waals surface area contributed by atoms with Crippen LogP contribution >= 0.6 is 0 Å². The second kappa shape index (κ2) is 7.67. The predicted octanol–water partition coefficient (Wildman–Crippen LogP) is 2.35. The van der Waals surface area contributed by atoms with E-state index in [1.807, 2.05) is 26.0 Å². The lowest BCUT2D eigenvalue weighted by Crippen LogP contribution is -2.19. The van der Waals surface area contributed by atoms with E-state index in [9.17, 15) is 0 Å². The van der Waals surface area contributed by atoms with Crippen molar-refractivity contribution in [2.24, 2.45) is 5.73 Å². The molecule has 98 valence electrons. The number of rotatable bonds is 7. The third kappa shape index (κ3) is 5.15. The number of nitrogens with two attached hydrogens (primary N) is 1. The van der Waals surface area contributed by atoms with E-state index in [-0.39, 0.29) is 6.04 Å². The molecule has 1 aromatic heterocycles. The number of nitrogens with zero attached hydrogens (tertiary/aromatic N) is 2. The maximum absolute atomic E-state index is 8.44. The lowest BCUT2D eigenvalue weighted by atomic mass is 10.1. The minimum absolute atomic E-state index is 0.0697. The van der Waals surface area contributed by atoms with Gasteiger partial charge < -0.3 is 10.5 Å². The number of ether oxygens (including phenoxy) is 1. The standard InChI is InChI=1S/C14H21N3O/c1-11(16)10-13-14(7-6-12(2)17-13)18-9-5-3-4-8-15/h6-7,11H,3-5,9-10,16H2,1-2H3. The molecule has 0 aromatic carbocycles. The summed E-state index contributed by atoms with van der Waals surface area (Å²) in [5.41, 5.74) is 7.70. The van der Waals surface area contributed by atoms with Crippen LogP contribution in [0, 0.1) is 18.3 Å². The molecule has 1 rings (SSSR count). The molecule has 4 heteroatoms. The van der Waals surface area contributed by atoms with Crippen LogP contribution in [-0.2, 0) is 6.42 Å². The molecular formula is C14H21N3O. The van der Waals surface area contributed by atoms with E-state index in [1.165, 1.54) is 0 Å². The van der Waals surface area contributed by atoms with E-state index in [4.69, 9.17) is 15.7 Å². The van der Waals surface area contributed by atoms with E-state index in [2.05, 4.69) is 11.1 Å². The molecular weight excluding hydrogens is 226 g/mol. The molecule has 0 spiro atoms. The Kier molecular flexibility index (Phi) is 6.16. The van der Waals surface area contributed by atoms with Crippen molar-refractivity contribution >= 4 is 0 Å². The zero-order valence-corrected chi connectivity index (χ0v) is 11.1. The highest BCUT2D eigenvalue weighted by atomic mass is 16.5. The Balaban J connectivity index is 2.55. The quantitative estimate of drug-likeness (QED) is 0.751. The van der Waals surface area contributed by atoms with E-state index in [0.29, 0.717) is 13.0 Å². The summed E-state index contributed by atoms with van der Waals surface area (Å²) in [7, 11) is 0. The number of unbranched alkanes of at least 4 members (excludes halogenated alkanes) is 2. The Morgan fingerprint density at radius 3 is 2.89 bits per heavy atom. The fourth-order valence-electron chi connectivity index (χ4n) is 1.67. The van der Waals surface area contributed by atoms with Gasteiger partial charge in [-0.1, -0.05) is 0 Å². The van der Waals surface area contributed by atoms with Gasteiger partial charge >= 0.3 is 0 Å². The van der Waals surface area contributed by atoms with Crippen molar-refractivity contribution in [2.75, 3.05) is 6.61 Å². The number of hydrogen-bond acceptors (Lipinski definition) is 4. The van der Waals surface area contributed by atoms with Gasteiger partial charge in [-0.05, 0) is 38.8 Å². The van der Waals surface area contributed by atoms with Gasteiger partial charge in [0.25, 0.3) is 0 Å². The number of pyridine rings is 1. The van der Waals surface area contributed by atoms with Crippen molar-refractivity contribution in [1.82, 2.24) is 4.98 Å². The molecule has 0 bridgehead atoms. The van der Waals surface area contributed by atoms with Gasteiger partial charge in [0.15, 0.2) is 0 Å². The van der Waals surface area contributed by atoms with Crippen LogP contribution < -0.4 is 10.5 Å². The van der Waals surface area contributed by atoms with Crippen LogP contribution in [0.5, 0.6) is 5.75 Å². The van der Waals surface area contributed by atoms with Gasteiger partial charge in [0, 0.05) is 24.6 Å². The summed E-state index contributed by atoms with van der Waals surface area (Å²) in [6, 6.07) is 6.09. The summed E-state index contributed by atoms with van der Waals surface area (Å²) < 4.78 is 5.71. The smallest absolute Gasteiger partial charge is 0.140 e. The fourth-order valence-corrected chi connectivity index (χ4v) is 1.67. The van der Waals surface area contributed by atoms with Crippen LogP contribution in [-0.4, -0.2) is 17.6 Å². The number of hydrogen-bond donors (Lipinski definition) is 1. The molecule has 18 heavy (non-hydrogen) atoms. The average molecular weight is 247 g/mol. The molecule has 2 N–H and O–H groups in total. The highest BCUT2D eigenvalue weighted by Gasteiger charge is 2.08. The van der Waals surface area contributed by atoms with Crippen molar-refractivity contribution in [1.29, 1.82) is 5.26 Å². The SMILES string of the molecule is Cc1ccc(OCCCCC#N)c(CC(C)N)n1. The minimum atomic E-state index is 0.0697. The van der Waals surface area contributed by atoms with Gasteiger partial charge in [0.1, 0.15) is 5.75 Å². The summed E-state index contributed by atoms with van der Waals surface area (Å²) >= 11 is 0. The summed E-state index contributed by atoms with van der Waals surface area (Å²) in [5, 5.41) is 8.44. The molecule has 1 heterocycles. The van der Waals surface area contributed by atoms with E-state index >= 15 is 0 Å². The molecule has 0 aliphatic rings. The molecule has 1 aromatic rings. The first-order valence-corrected chi connectivity index (χ1v) is 6.35. The first-order valence-electron chi connectivity index (χ1n) is 6.35. The third-order valence-electron chi connectivity index (χ3n) is 2.53.